The van der Waals surface area contributed by atoms with E-state index in [1.165, 1.54) is 0 Å². The standard InChI is InChI=1S/C24H31ClN2O3/c1-16(2)13-26-24(29)19(5)27(14-20-8-6-7-17(3)11-20)23(28)15-30-21-9-10-22(25)18(4)12-21/h6-12,16,19H,13-15H2,1-5H3,(H,26,29)/t19-/m0/s1. The summed E-state index contributed by atoms with van der Waals surface area (Å²) in [7, 11) is 0. The van der Waals surface area contributed by atoms with E-state index >= 15 is 0 Å². The number of amides is 2. The molecule has 0 unspecified atom stereocenters. The molecule has 5 nitrogen and oxygen atoms in total. The van der Waals surface area contributed by atoms with Gasteiger partial charge in [0.05, 0.1) is 0 Å². The van der Waals surface area contributed by atoms with Crippen LogP contribution in [0.2, 0.25) is 5.02 Å². The molecule has 0 fully saturated rings. The Morgan fingerprint density at radius 3 is 2.47 bits per heavy atom. The van der Waals surface area contributed by atoms with Crippen molar-refractivity contribution in [1.29, 1.82) is 0 Å². The summed E-state index contributed by atoms with van der Waals surface area (Å²) in [6, 6.07) is 12.6. The van der Waals surface area contributed by atoms with Gasteiger partial charge in [-0.15, -0.1) is 0 Å². The minimum Gasteiger partial charge on any atom is -0.484 e. The maximum atomic E-state index is 13.0. The first-order valence-electron chi connectivity index (χ1n) is 10.2. The van der Waals surface area contributed by atoms with E-state index in [4.69, 9.17) is 16.3 Å². The summed E-state index contributed by atoms with van der Waals surface area (Å²) < 4.78 is 5.69. The fourth-order valence-electron chi connectivity index (χ4n) is 2.98. The van der Waals surface area contributed by atoms with Crippen molar-refractivity contribution in [3.8, 4) is 5.75 Å². The Morgan fingerprint density at radius 1 is 1.10 bits per heavy atom. The van der Waals surface area contributed by atoms with Crippen molar-refractivity contribution in [2.75, 3.05) is 13.2 Å². The third kappa shape index (κ3) is 7.06. The summed E-state index contributed by atoms with van der Waals surface area (Å²) in [5.74, 6) is 0.472. The molecule has 0 bridgehead atoms. The van der Waals surface area contributed by atoms with Gasteiger partial charge in [0.25, 0.3) is 5.91 Å². The highest BCUT2D eigenvalue weighted by molar-refractivity contribution is 6.31. The first kappa shape index (κ1) is 23.7. The average molecular weight is 431 g/mol. The SMILES string of the molecule is Cc1cccc(CN(C(=O)COc2ccc(Cl)c(C)c2)[C@@H](C)C(=O)NCC(C)C)c1. The molecule has 0 aliphatic carbocycles. The first-order valence-corrected chi connectivity index (χ1v) is 10.6. The van der Waals surface area contributed by atoms with E-state index < -0.39 is 6.04 Å². The molecule has 0 heterocycles. The van der Waals surface area contributed by atoms with Crippen LogP contribution in [-0.2, 0) is 16.1 Å². The lowest BCUT2D eigenvalue weighted by Crippen LogP contribution is -2.49. The lowest BCUT2D eigenvalue weighted by atomic mass is 10.1. The Kier molecular flexibility index (Phi) is 8.72. The Balaban J connectivity index is 2.14. The van der Waals surface area contributed by atoms with Crippen molar-refractivity contribution in [3.05, 3.63) is 64.2 Å². The second kappa shape index (κ2) is 11.0. The Hall–Kier alpha value is -2.53. The number of carbonyl (C=O) groups excluding carboxylic acids is 2. The number of carbonyl (C=O) groups is 2. The minimum absolute atomic E-state index is 0.158. The molecule has 0 saturated heterocycles. The Labute approximate surface area is 184 Å². The highest BCUT2D eigenvalue weighted by Crippen LogP contribution is 2.21. The van der Waals surface area contributed by atoms with Gasteiger partial charge in [-0.25, -0.2) is 0 Å². The van der Waals surface area contributed by atoms with Crippen LogP contribution in [0.4, 0.5) is 0 Å². The molecule has 162 valence electrons. The molecule has 0 aliphatic heterocycles. The molecule has 2 rings (SSSR count). The molecule has 2 aromatic rings. The first-order chi connectivity index (χ1) is 14.2. The van der Waals surface area contributed by atoms with Gasteiger partial charge in [-0.1, -0.05) is 55.3 Å². The summed E-state index contributed by atoms with van der Waals surface area (Å²) in [5.41, 5.74) is 2.94. The topological polar surface area (TPSA) is 58.6 Å². The summed E-state index contributed by atoms with van der Waals surface area (Å²) >= 11 is 6.05. The highest BCUT2D eigenvalue weighted by atomic mass is 35.5. The summed E-state index contributed by atoms with van der Waals surface area (Å²) in [5, 5.41) is 3.56. The third-order valence-corrected chi connectivity index (χ3v) is 5.20. The smallest absolute Gasteiger partial charge is 0.261 e. The molecular weight excluding hydrogens is 400 g/mol. The zero-order valence-corrected chi connectivity index (χ0v) is 19.1. The third-order valence-electron chi connectivity index (χ3n) is 4.78. The van der Waals surface area contributed by atoms with Crippen LogP contribution in [-0.4, -0.2) is 35.9 Å². The van der Waals surface area contributed by atoms with Gasteiger partial charge in [0.15, 0.2) is 6.61 Å². The van der Waals surface area contributed by atoms with Crippen molar-refractivity contribution in [2.24, 2.45) is 5.92 Å². The molecule has 0 aliphatic rings. The molecular formula is C24H31ClN2O3. The van der Waals surface area contributed by atoms with Gasteiger partial charge >= 0.3 is 0 Å². The second-order valence-electron chi connectivity index (χ2n) is 8.03. The van der Waals surface area contributed by atoms with Crippen LogP contribution in [0, 0.1) is 19.8 Å². The Morgan fingerprint density at radius 2 is 1.83 bits per heavy atom. The lowest BCUT2D eigenvalue weighted by Gasteiger charge is -2.29. The summed E-state index contributed by atoms with van der Waals surface area (Å²) in [4.78, 5) is 27.2. The quantitative estimate of drug-likeness (QED) is 0.636. The zero-order chi connectivity index (χ0) is 22.3. The van der Waals surface area contributed by atoms with Crippen LogP contribution in [0.25, 0.3) is 0 Å². The van der Waals surface area contributed by atoms with Gasteiger partial charge in [-0.05, 0) is 56.0 Å². The number of halogens is 1. The maximum Gasteiger partial charge on any atom is 0.261 e. The monoisotopic (exact) mass is 430 g/mol. The van der Waals surface area contributed by atoms with Crippen LogP contribution < -0.4 is 10.1 Å². The van der Waals surface area contributed by atoms with Crippen LogP contribution in [0.5, 0.6) is 5.75 Å². The lowest BCUT2D eigenvalue weighted by molar-refractivity contribution is -0.142. The number of benzene rings is 2. The summed E-state index contributed by atoms with van der Waals surface area (Å²) in [6.45, 7) is 10.4. The van der Waals surface area contributed by atoms with Crippen molar-refractivity contribution < 1.29 is 14.3 Å². The largest absolute Gasteiger partial charge is 0.484 e. The van der Waals surface area contributed by atoms with Crippen LogP contribution in [0.1, 0.15) is 37.5 Å². The van der Waals surface area contributed by atoms with E-state index in [9.17, 15) is 9.59 Å². The molecule has 30 heavy (non-hydrogen) atoms. The maximum absolute atomic E-state index is 13.0. The number of ether oxygens (including phenoxy) is 1. The van der Waals surface area contributed by atoms with E-state index in [-0.39, 0.29) is 18.4 Å². The fraction of sp³-hybridized carbons (Fsp3) is 0.417. The molecule has 0 saturated carbocycles. The molecule has 2 aromatic carbocycles. The van der Waals surface area contributed by atoms with Crippen molar-refractivity contribution >= 4 is 23.4 Å². The molecule has 0 spiro atoms. The minimum atomic E-state index is -0.618. The van der Waals surface area contributed by atoms with Crippen molar-refractivity contribution in [1.82, 2.24) is 10.2 Å². The normalized spacial score (nSPS) is 11.8. The number of aryl methyl sites for hydroxylation is 2. The Bertz CT molecular complexity index is 883. The van der Waals surface area contributed by atoms with Gasteiger partial charge in [-0.3, -0.25) is 9.59 Å². The van der Waals surface area contributed by atoms with E-state index in [2.05, 4.69) is 5.32 Å². The molecule has 0 aromatic heterocycles. The van der Waals surface area contributed by atoms with E-state index in [0.29, 0.717) is 29.8 Å². The van der Waals surface area contributed by atoms with Crippen LogP contribution in [0.3, 0.4) is 0 Å². The fourth-order valence-corrected chi connectivity index (χ4v) is 3.09. The molecule has 0 radical (unpaired) electrons. The number of hydrogen-bond donors (Lipinski definition) is 1. The van der Waals surface area contributed by atoms with Crippen LogP contribution in [0.15, 0.2) is 42.5 Å². The van der Waals surface area contributed by atoms with E-state index in [0.717, 1.165) is 16.7 Å². The van der Waals surface area contributed by atoms with E-state index in [1.807, 2.05) is 52.0 Å². The van der Waals surface area contributed by atoms with E-state index in [1.54, 1.807) is 30.0 Å². The average Bonchev–Trinajstić information content (AvgIpc) is 2.70. The van der Waals surface area contributed by atoms with Gasteiger partial charge in [0.2, 0.25) is 5.91 Å². The second-order valence-corrected chi connectivity index (χ2v) is 8.43. The molecule has 1 N–H and O–H groups in total. The number of nitrogens with zero attached hydrogens (tertiary/aromatic N) is 1. The number of rotatable bonds is 9. The van der Waals surface area contributed by atoms with Gasteiger partial charge < -0.3 is 15.0 Å². The molecule has 2 amide bonds. The number of hydrogen-bond acceptors (Lipinski definition) is 3. The zero-order valence-electron chi connectivity index (χ0n) is 18.4. The molecule has 6 heteroatoms. The van der Waals surface area contributed by atoms with Crippen LogP contribution >= 0.6 is 11.6 Å². The van der Waals surface area contributed by atoms with Crippen molar-refractivity contribution in [2.45, 2.75) is 47.2 Å². The highest BCUT2D eigenvalue weighted by Gasteiger charge is 2.26. The molecule has 1 atom stereocenters. The van der Waals surface area contributed by atoms with Gasteiger partial charge in [0.1, 0.15) is 11.8 Å². The van der Waals surface area contributed by atoms with Crippen molar-refractivity contribution in [3.63, 3.8) is 0 Å². The summed E-state index contributed by atoms with van der Waals surface area (Å²) in [6.07, 6.45) is 0. The number of nitrogens with one attached hydrogen (secondary N) is 1. The van der Waals surface area contributed by atoms with Gasteiger partial charge in [0, 0.05) is 18.1 Å². The predicted molar refractivity (Wildman–Crippen MR) is 121 cm³/mol. The predicted octanol–water partition coefficient (Wildman–Crippen LogP) is 4.53. The van der Waals surface area contributed by atoms with Gasteiger partial charge in [-0.2, -0.15) is 0 Å².